The van der Waals surface area contributed by atoms with Crippen molar-refractivity contribution in [3.63, 3.8) is 0 Å². The van der Waals surface area contributed by atoms with Crippen LogP contribution in [0.2, 0.25) is 0 Å². The first-order chi connectivity index (χ1) is 15.9. The highest BCUT2D eigenvalue weighted by molar-refractivity contribution is 5.92. The van der Waals surface area contributed by atoms with E-state index in [4.69, 9.17) is 0 Å². The van der Waals surface area contributed by atoms with Gasteiger partial charge in [0.25, 0.3) is 0 Å². The molecule has 2 heterocycles. The van der Waals surface area contributed by atoms with Crippen LogP contribution >= 0.6 is 0 Å². The predicted molar refractivity (Wildman–Crippen MR) is 123 cm³/mol. The van der Waals surface area contributed by atoms with Gasteiger partial charge in [-0.15, -0.1) is 0 Å². The lowest BCUT2D eigenvalue weighted by Crippen LogP contribution is -2.52. The first-order valence-corrected chi connectivity index (χ1v) is 11.3. The fourth-order valence-corrected chi connectivity index (χ4v) is 4.54. The van der Waals surface area contributed by atoms with E-state index in [0.29, 0.717) is 38.4 Å². The number of halogens is 1. The number of likely N-dealkylation sites (tertiary alicyclic amines) is 1. The Morgan fingerprint density at radius 3 is 2.48 bits per heavy atom. The van der Waals surface area contributed by atoms with Crippen molar-refractivity contribution in [3.05, 3.63) is 66.0 Å². The summed E-state index contributed by atoms with van der Waals surface area (Å²) >= 11 is 0. The number of hydrogen-bond acceptors (Lipinski definition) is 4. The Balaban J connectivity index is 1.25. The molecule has 1 N–H and O–H groups in total. The first-order valence-electron chi connectivity index (χ1n) is 11.3. The lowest BCUT2D eigenvalue weighted by molar-refractivity contribution is -0.137. The molecule has 33 heavy (non-hydrogen) atoms. The number of hydrogen-bond donors (Lipinski definition) is 1. The molecule has 0 saturated carbocycles. The highest BCUT2D eigenvalue weighted by atomic mass is 19.1. The summed E-state index contributed by atoms with van der Waals surface area (Å²) in [6.07, 6.45) is 0.242. The maximum absolute atomic E-state index is 13.3. The third-order valence-electron chi connectivity index (χ3n) is 6.42. The zero-order valence-electron chi connectivity index (χ0n) is 18.7. The van der Waals surface area contributed by atoms with Crippen molar-refractivity contribution in [2.45, 2.75) is 19.4 Å². The largest absolute Gasteiger partial charge is 0.340 e. The van der Waals surface area contributed by atoms with Crippen molar-refractivity contribution in [1.29, 1.82) is 0 Å². The molecule has 0 unspecified atom stereocenters. The van der Waals surface area contributed by atoms with Crippen LogP contribution in [0, 0.1) is 11.7 Å². The Morgan fingerprint density at radius 2 is 1.79 bits per heavy atom. The Bertz CT molecular complexity index is 1010. The van der Waals surface area contributed by atoms with Crippen LogP contribution in [0.5, 0.6) is 0 Å². The molecule has 3 amide bonds. The molecule has 0 bridgehead atoms. The maximum atomic E-state index is 13.3. The highest BCUT2D eigenvalue weighted by Gasteiger charge is 2.39. The topological polar surface area (TPSA) is 73.0 Å². The molecule has 2 aromatic carbocycles. The van der Waals surface area contributed by atoms with Gasteiger partial charge < -0.3 is 15.1 Å². The number of benzene rings is 2. The van der Waals surface area contributed by atoms with E-state index < -0.39 is 5.82 Å². The Labute approximate surface area is 193 Å². The van der Waals surface area contributed by atoms with Crippen LogP contribution in [0.1, 0.15) is 24.9 Å². The monoisotopic (exact) mass is 452 g/mol. The van der Waals surface area contributed by atoms with Gasteiger partial charge in [-0.1, -0.05) is 36.4 Å². The van der Waals surface area contributed by atoms with Crippen LogP contribution in [-0.2, 0) is 14.4 Å². The molecule has 0 radical (unpaired) electrons. The molecule has 4 rings (SSSR count). The smallest absolute Gasteiger partial charge is 0.238 e. The number of nitrogens with zero attached hydrogens (tertiary/aromatic N) is 3. The molecular formula is C25H29FN4O3. The summed E-state index contributed by atoms with van der Waals surface area (Å²) in [4.78, 5) is 43.5. The molecule has 2 aromatic rings. The quantitative estimate of drug-likeness (QED) is 0.731. The molecule has 0 aliphatic carbocycles. The van der Waals surface area contributed by atoms with E-state index in [1.807, 2.05) is 42.2 Å². The average Bonchev–Trinajstić information content (AvgIpc) is 3.20. The second-order valence-corrected chi connectivity index (χ2v) is 8.69. The molecule has 2 fully saturated rings. The first kappa shape index (κ1) is 22.9. The number of nitrogens with one attached hydrogen (secondary N) is 1. The maximum Gasteiger partial charge on any atom is 0.238 e. The zero-order valence-corrected chi connectivity index (χ0v) is 18.7. The van der Waals surface area contributed by atoms with Crippen LogP contribution < -0.4 is 5.32 Å². The molecule has 0 aromatic heterocycles. The molecule has 2 aliphatic rings. The minimum absolute atomic E-state index is 0.00924. The molecule has 2 atom stereocenters. The van der Waals surface area contributed by atoms with E-state index >= 15 is 0 Å². The predicted octanol–water partition coefficient (Wildman–Crippen LogP) is 2.52. The van der Waals surface area contributed by atoms with Gasteiger partial charge in [0.15, 0.2) is 0 Å². The Morgan fingerprint density at radius 1 is 1.06 bits per heavy atom. The lowest BCUT2D eigenvalue weighted by atomic mass is 10.1. The standard InChI is InChI=1S/C25H29FN4O3/c1-18(19-6-3-2-4-7-19)30-16-20(14-24(30)32)25(33)29-12-10-28(11-13-29)17-23(31)27-22-9-5-8-21(26)15-22/h2-9,15,18,20H,10-14,16-17H2,1H3,(H,27,31)/t18-,20+/m1/s1. The molecule has 7 nitrogen and oxygen atoms in total. The second kappa shape index (κ2) is 10.1. The Kier molecular flexibility index (Phi) is 7.03. The number of carbonyl (C=O) groups is 3. The van der Waals surface area contributed by atoms with Crippen LogP contribution in [0.4, 0.5) is 10.1 Å². The minimum atomic E-state index is -0.401. The lowest BCUT2D eigenvalue weighted by Gasteiger charge is -2.35. The average molecular weight is 453 g/mol. The zero-order chi connectivity index (χ0) is 23.4. The molecule has 8 heteroatoms. The van der Waals surface area contributed by atoms with Gasteiger partial charge >= 0.3 is 0 Å². The highest BCUT2D eigenvalue weighted by Crippen LogP contribution is 2.29. The van der Waals surface area contributed by atoms with Crippen molar-refractivity contribution in [2.24, 2.45) is 5.92 Å². The molecule has 2 saturated heterocycles. The van der Waals surface area contributed by atoms with Gasteiger partial charge in [0, 0.05) is 44.8 Å². The summed E-state index contributed by atoms with van der Waals surface area (Å²) < 4.78 is 13.3. The molecule has 2 aliphatic heterocycles. The van der Waals surface area contributed by atoms with E-state index in [1.165, 1.54) is 12.1 Å². The fourth-order valence-electron chi connectivity index (χ4n) is 4.54. The third kappa shape index (κ3) is 5.57. The normalized spacial score (nSPS) is 20.1. The van der Waals surface area contributed by atoms with Crippen LogP contribution in [0.25, 0.3) is 0 Å². The summed E-state index contributed by atoms with van der Waals surface area (Å²) in [5.41, 5.74) is 1.48. The molecule has 174 valence electrons. The van der Waals surface area contributed by atoms with E-state index in [-0.39, 0.29) is 42.6 Å². The summed E-state index contributed by atoms with van der Waals surface area (Å²) in [7, 11) is 0. The van der Waals surface area contributed by atoms with E-state index in [1.54, 1.807) is 21.9 Å². The number of anilines is 1. The van der Waals surface area contributed by atoms with Crippen molar-refractivity contribution in [3.8, 4) is 0 Å². The molecule has 0 spiro atoms. The summed E-state index contributed by atoms with van der Waals surface area (Å²) in [5.74, 6) is -0.923. The van der Waals surface area contributed by atoms with Gasteiger partial charge in [-0.3, -0.25) is 19.3 Å². The number of carbonyl (C=O) groups excluding carboxylic acids is 3. The van der Waals surface area contributed by atoms with Gasteiger partial charge in [-0.2, -0.15) is 0 Å². The number of amides is 3. The fraction of sp³-hybridized carbons (Fsp3) is 0.400. The third-order valence-corrected chi connectivity index (χ3v) is 6.42. The van der Waals surface area contributed by atoms with E-state index in [9.17, 15) is 18.8 Å². The van der Waals surface area contributed by atoms with Crippen LogP contribution in [-0.4, -0.2) is 71.7 Å². The van der Waals surface area contributed by atoms with Gasteiger partial charge in [0.05, 0.1) is 18.5 Å². The summed E-state index contributed by atoms with van der Waals surface area (Å²) in [6.45, 7) is 4.80. The van der Waals surface area contributed by atoms with Crippen molar-refractivity contribution < 1.29 is 18.8 Å². The Hall–Kier alpha value is -3.26. The molecular weight excluding hydrogens is 423 g/mol. The second-order valence-electron chi connectivity index (χ2n) is 8.69. The van der Waals surface area contributed by atoms with Crippen LogP contribution in [0.3, 0.4) is 0 Å². The van der Waals surface area contributed by atoms with E-state index in [0.717, 1.165) is 5.56 Å². The summed E-state index contributed by atoms with van der Waals surface area (Å²) in [5, 5.41) is 2.70. The van der Waals surface area contributed by atoms with Gasteiger partial charge in [-0.25, -0.2) is 4.39 Å². The number of rotatable bonds is 6. The summed E-state index contributed by atoms with van der Waals surface area (Å²) in [6, 6.07) is 15.6. The van der Waals surface area contributed by atoms with Gasteiger partial charge in [-0.05, 0) is 30.7 Å². The van der Waals surface area contributed by atoms with Crippen molar-refractivity contribution in [1.82, 2.24) is 14.7 Å². The van der Waals surface area contributed by atoms with Crippen LogP contribution in [0.15, 0.2) is 54.6 Å². The van der Waals surface area contributed by atoms with Gasteiger partial charge in [0.2, 0.25) is 17.7 Å². The SMILES string of the molecule is C[C@H](c1ccccc1)N1C[C@@H](C(=O)N2CCN(CC(=O)Nc3cccc(F)c3)CC2)CC1=O. The van der Waals surface area contributed by atoms with Crippen molar-refractivity contribution in [2.75, 3.05) is 44.6 Å². The number of piperazine rings is 1. The minimum Gasteiger partial charge on any atom is -0.340 e. The van der Waals surface area contributed by atoms with Crippen molar-refractivity contribution >= 4 is 23.4 Å². The van der Waals surface area contributed by atoms with Gasteiger partial charge in [0.1, 0.15) is 5.82 Å². The van der Waals surface area contributed by atoms with E-state index in [2.05, 4.69) is 5.32 Å².